The van der Waals surface area contributed by atoms with E-state index in [1.54, 1.807) is 37.3 Å². The van der Waals surface area contributed by atoms with Gasteiger partial charge in [-0.2, -0.15) is 0 Å². The fourth-order valence-corrected chi connectivity index (χ4v) is 2.09. The molecule has 0 saturated heterocycles. The van der Waals surface area contributed by atoms with Crippen LogP contribution in [-0.2, 0) is 4.79 Å². The molecule has 0 aliphatic carbocycles. The van der Waals surface area contributed by atoms with Crippen molar-refractivity contribution in [1.29, 1.82) is 0 Å². The summed E-state index contributed by atoms with van der Waals surface area (Å²) in [4.78, 5) is 16.2. The molecule has 0 saturated carbocycles. The third-order valence-electron chi connectivity index (χ3n) is 3.52. The number of phenolic OH excluding ortho intramolecular Hbond substituents is 1. The van der Waals surface area contributed by atoms with Crippen LogP contribution in [0.5, 0.6) is 5.75 Å². The van der Waals surface area contributed by atoms with Gasteiger partial charge in [0.25, 0.3) is 0 Å². The first-order chi connectivity index (χ1) is 13.0. The van der Waals surface area contributed by atoms with Gasteiger partial charge in [-0.3, -0.25) is 9.79 Å². The van der Waals surface area contributed by atoms with Crippen LogP contribution in [-0.4, -0.2) is 28.4 Å². The van der Waals surface area contributed by atoms with Crippen LogP contribution >= 0.6 is 0 Å². The van der Waals surface area contributed by atoms with Crippen LogP contribution < -0.4 is 5.32 Å². The molecule has 1 atom stereocenters. The Morgan fingerprint density at radius 1 is 1.19 bits per heavy atom. The van der Waals surface area contributed by atoms with Crippen molar-refractivity contribution in [2.75, 3.05) is 0 Å². The van der Waals surface area contributed by atoms with E-state index in [0.717, 1.165) is 0 Å². The Kier molecular flexibility index (Phi) is 8.82. The minimum absolute atomic E-state index is 0.0250. The van der Waals surface area contributed by atoms with Gasteiger partial charge in [0.05, 0.1) is 0 Å². The van der Waals surface area contributed by atoms with E-state index in [4.69, 9.17) is 0 Å². The molecule has 1 aromatic rings. The average Bonchev–Trinajstić information content (AvgIpc) is 2.67. The number of hydrogen-bond donors (Lipinski definition) is 3. The summed E-state index contributed by atoms with van der Waals surface area (Å²) in [6.45, 7) is 12.5. The van der Waals surface area contributed by atoms with Crippen LogP contribution in [0.4, 0.5) is 0 Å². The van der Waals surface area contributed by atoms with E-state index in [0.29, 0.717) is 16.7 Å². The zero-order chi connectivity index (χ0) is 20.2. The van der Waals surface area contributed by atoms with Crippen molar-refractivity contribution in [3.63, 3.8) is 0 Å². The number of phenols is 1. The lowest BCUT2D eigenvalue weighted by Crippen LogP contribution is -2.26. The van der Waals surface area contributed by atoms with E-state index >= 15 is 0 Å². The highest BCUT2D eigenvalue weighted by atomic mass is 16.3. The van der Waals surface area contributed by atoms with Crippen LogP contribution in [0, 0.1) is 0 Å². The standard InChI is InChI=1S/C22H24N2O3/c1-5-11-21(27)18(7-3)22(23-14-16(6-2)19(25)8-4)24-15-17-12-9-10-13-20(17)26/h5-15,22-23,26-27H,2-4H2,1H3/b11-5-,16-14-,21-18-,24-15+. The van der Waals surface area contributed by atoms with Gasteiger partial charge in [-0.1, -0.05) is 50.1 Å². The molecule has 1 aromatic carbocycles. The Bertz CT molecular complexity index is 830. The van der Waals surface area contributed by atoms with Gasteiger partial charge in [-0.25, -0.2) is 0 Å². The minimum Gasteiger partial charge on any atom is -0.508 e. The van der Waals surface area contributed by atoms with E-state index < -0.39 is 6.17 Å². The molecule has 27 heavy (non-hydrogen) atoms. The number of aromatic hydroxyl groups is 1. The number of nitrogens with zero attached hydrogens (tertiary/aromatic N) is 1. The number of nitrogens with one attached hydrogen (secondary N) is 1. The van der Waals surface area contributed by atoms with Crippen LogP contribution in [0.25, 0.3) is 0 Å². The molecule has 3 N–H and O–H groups in total. The average molecular weight is 364 g/mol. The van der Waals surface area contributed by atoms with E-state index in [9.17, 15) is 15.0 Å². The topological polar surface area (TPSA) is 81.9 Å². The second kappa shape index (κ2) is 11.1. The Hall–Kier alpha value is -3.60. The number of ketones is 1. The summed E-state index contributed by atoms with van der Waals surface area (Å²) in [5.41, 5.74) is 1.19. The van der Waals surface area contributed by atoms with Crippen molar-refractivity contribution >= 4 is 12.0 Å². The van der Waals surface area contributed by atoms with Crippen LogP contribution in [0.2, 0.25) is 0 Å². The van der Waals surface area contributed by atoms with E-state index in [2.05, 4.69) is 30.0 Å². The molecule has 140 valence electrons. The fourth-order valence-electron chi connectivity index (χ4n) is 2.09. The fraction of sp³-hybridized carbons (Fsp3) is 0.0909. The molecule has 5 nitrogen and oxygen atoms in total. The molecule has 0 aromatic heterocycles. The Balaban J connectivity index is 3.33. The molecule has 5 heteroatoms. The third-order valence-corrected chi connectivity index (χ3v) is 3.52. The number of rotatable bonds is 10. The molecule has 0 amide bonds. The van der Waals surface area contributed by atoms with Crippen molar-refractivity contribution < 1.29 is 15.0 Å². The maximum Gasteiger partial charge on any atom is 0.186 e. The summed E-state index contributed by atoms with van der Waals surface area (Å²) in [7, 11) is 0. The molecule has 0 aliphatic rings. The quantitative estimate of drug-likeness (QED) is 0.252. The summed E-state index contributed by atoms with van der Waals surface area (Å²) >= 11 is 0. The summed E-state index contributed by atoms with van der Waals surface area (Å²) in [5, 5.41) is 23.1. The van der Waals surface area contributed by atoms with Crippen molar-refractivity contribution in [3.8, 4) is 5.75 Å². The van der Waals surface area contributed by atoms with Gasteiger partial charge in [-0.15, -0.1) is 0 Å². The lowest BCUT2D eigenvalue weighted by Gasteiger charge is -2.16. The van der Waals surface area contributed by atoms with Crippen molar-refractivity contribution in [3.05, 3.63) is 103 Å². The van der Waals surface area contributed by atoms with Crippen LogP contribution in [0.1, 0.15) is 12.5 Å². The largest absolute Gasteiger partial charge is 0.508 e. The van der Waals surface area contributed by atoms with Gasteiger partial charge >= 0.3 is 0 Å². The SMILES string of the molecule is C=CC(=O)/C(C=C)=C\NC(/N=C/c1ccccc1O)/C(C=C)=C(O)/C=C\C. The second-order valence-electron chi connectivity index (χ2n) is 5.32. The van der Waals surface area contributed by atoms with Crippen molar-refractivity contribution in [2.24, 2.45) is 4.99 Å². The van der Waals surface area contributed by atoms with E-state index in [-0.39, 0.29) is 17.3 Å². The highest BCUT2D eigenvalue weighted by molar-refractivity contribution is 6.05. The Labute approximate surface area is 159 Å². The van der Waals surface area contributed by atoms with Crippen molar-refractivity contribution in [2.45, 2.75) is 13.1 Å². The summed E-state index contributed by atoms with van der Waals surface area (Å²) < 4.78 is 0. The summed E-state index contributed by atoms with van der Waals surface area (Å²) in [5.74, 6) is -0.253. The molecule has 1 rings (SSSR count). The predicted molar refractivity (Wildman–Crippen MR) is 111 cm³/mol. The number of aliphatic hydroxyl groups excluding tert-OH is 1. The monoisotopic (exact) mass is 364 g/mol. The minimum atomic E-state index is -0.758. The predicted octanol–water partition coefficient (Wildman–Crippen LogP) is 4.13. The highest BCUT2D eigenvalue weighted by Crippen LogP contribution is 2.16. The zero-order valence-electron chi connectivity index (χ0n) is 15.3. The molecule has 0 aliphatic heterocycles. The van der Waals surface area contributed by atoms with Gasteiger partial charge in [0.2, 0.25) is 0 Å². The first-order valence-electron chi connectivity index (χ1n) is 8.23. The summed E-state index contributed by atoms with van der Waals surface area (Å²) in [6, 6.07) is 6.72. The van der Waals surface area contributed by atoms with Gasteiger partial charge in [0.1, 0.15) is 17.7 Å². The van der Waals surface area contributed by atoms with Crippen LogP contribution in [0.3, 0.4) is 0 Å². The smallest absolute Gasteiger partial charge is 0.186 e. The van der Waals surface area contributed by atoms with Gasteiger partial charge in [0, 0.05) is 29.1 Å². The first-order valence-corrected chi connectivity index (χ1v) is 8.23. The molecular formula is C22H24N2O3. The molecule has 0 spiro atoms. The second-order valence-corrected chi connectivity index (χ2v) is 5.32. The third kappa shape index (κ3) is 6.32. The highest BCUT2D eigenvalue weighted by Gasteiger charge is 2.13. The maximum absolute atomic E-state index is 11.8. The molecular weight excluding hydrogens is 340 g/mol. The van der Waals surface area contributed by atoms with Crippen LogP contribution in [0.15, 0.2) is 102 Å². The van der Waals surface area contributed by atoms with E-state index in [1.807, 2.05) is 0 Å². The normalized spacial score (nSPS) is 13.9. The van der Waals surface area contributed by atoms with Gasteiger partial charge < -0.3 is 15.5 Å². The number of aliphatic hydroxyl groups is 1. The Morgan fingerprint density at radius 2 is 1.89 bits per heavy atom. The lowest BCUT2D eigenvalue weighted by atomic mass is 10.1. The summed E-state index contributed by atoms with van der Waals surface area (Å²) in [6.07, 6.45) is 9.37. The van der Waals surface area contributed by atoms with Crippen molar-refractivity contribution in [1.82, 2.24) is 5.32 Å². The number of para-hydroxylation sites is 1. The lowest BCUT2D eigenvalue weighted by molar-refractivity contribution is -0.111. The maximum atomic E-state index is 11.8. The first kappa shape index (κ1) is 21.4. The van der Waals surface area contributed by atoms with Gasteiger partial charge in [0.15, 0.2) is 5.78 Å². The zero-order valence-corrected chi connectivity index (χ0v) is 15.3. The molecule has 0 heterocycles. The Morgan fingerprint density at radius 3 is 2.44 bits per heavy atom. The molecule has 1 unspecified atom stereocenters. The number of hydrogen-bond acceptors (Lipinski definition) is 5. The number of aliphatic imine (C=N–C) groups is 1. The number of carbonyl (C=O) groups is 1. The number of carbonyl (C=O) groups excluding carboxylic acids is 1. The molecule has 0 radical (unpaired) electrons. The number of benzene rings is 1. The molecule has 0 fully saturated rings. The molecule has 0 bridgehead atoms. The van der Waals surface area contributed by atoms with Gasteiger partial charge in [-0.05, 0) is 31.2 Å². The van der Waals surface area contributed by atoms with E-state index in [1.165, 1.54) is 36.7 Å². The number of allylic oxidation sites excluding steroid dienone is 5.